The fraction of sp³-hybridized carbons (Fsp3) is 0.421. The molecule has 0 bridgehead atoms. The van der Waals surface area contributed by atoms with E-state index in [0.717, 1.165) is 11.3 Å². The number of hydrogen-bond donors (Lipinski definition) is 4. The van der Waals surface area contributed by atoms with Crippen LogP contribution in [0, 0.1) is 0 Å². The van der Waals surface area contributed by atoms with Crippen molar-refractivity contribution in [2.75, 3.05) is 11.9 Å². The molecule has 1 aliphatic rings. The largest absolute Gasteiger partial charge is 0.337 e. The number of aromatic nitrogens is 2. The number of hydrazine groups is 1. The van der Waals surface area contributed by atoms with E-state index in [1.54, 1.807) is 5.01 Å². The summed E-state index contributed by atoms with van der Waals surface area (Å²) in [7, 11) is 0. The van der Waals surface area contributed by atoms with E-state index in [4.69, 9.17) is 0 Å². The monoisotopic (exact) mass is 370 g/mol. The van der Waals surface area contributed by atoms with Gasteiger partial charge in [0.25, 0.3) is 5.91 Å². The van der Waals surface area contributed by atoms with E-state index in [2.05, 4.69) is 47.0 Å². The van der Waals surface area contributed by atoms with Gasteiger partial charge < -0.3 is 10.6 Å². The van der Waals surface area contributed by atoms with Crippen molar-refractivity contribution in [1.82, 2.24) is 25.9 Å². The Bertz CT molecular complexity index is 835. The van der Waals surface area contributed by atoms with Crippen LogP contribution in [0.1, 0.15) is 54.9 Å². The smallest absolute Gasteiger partial charge is 0.329 e. The van der Waals surface area contributed by atoms with Crippen LogP contribution in [0.2, 0.25) is 0 Å². The third-order valence-corrected chi connectivity index (χ3v) is 4.49. The van der Waals surface area contributed by atoms with Crippen LogP contribution in [0.15, 0.2) is 24.3 Å². The predicted molar refractivity (Wildman–Crippen MR) is 103 cm³/mol. The zero-order chi connectivity index (χ0) is 19.6. The van der Waals surface area contributed by atoms with Crippen molar-refractivity contribution < 1.29 is 9.59 Å². The number of amides is 3. The third kappa shape index (κ3) is 4.28. The van der Waals surface area contributed by atoms with Crippen LogP contribution in [-0.4, -0.2) is 33.7 Å². The topological polar surface area (TPSA) is 102 Å². The molecule has 8 heteroatoms. The number of nitrogens with zero attached hydrogens (tertiary/aromatic N) is 2. The summed E-state index contributed by atoms with van der Waals surface area (Å²) in [6.07, 6.45) is 0. The van der Waals surface area contributed by atoms with Gasteiger partial charge in [-0.1, -0.05) is 32.9 Å². The van der Waals surface area contributed by atoms with Gasteiger partial charge in [-0.2, -0.15) is 5.10 Å². The van der Waals surface area contributed by atoms with Crippen molar-refractivity contribution in [3.05, 3.63) is 46.6 Å². The second-order valence-corrected chi connectivity index (χ2v) is 7.63. The average molecular weight is 370 g/mol. The molecule has 0 radical (unpaired) electrons. The molecule has 144 valence electrons. The number of nitrogens with one attached hydrogen (secondary N) is 4. The molecule has 3 amide bonds. The molecule has 2 aromatic rings. The lowest BCUT2D eigenvalue weighted by molar-refractivity contribution is 0.102. The zero-order valence-corrected chi connectivity index (χ0v) is 16.1. The van der Waals surface area contributed by atoms with Gasteiger partial charge >= 0.3 is 6.03 Å². The average Bonchev–Trinajstić information content (AvgIpc) is 3.15. The Morgan fingerprint density at radius 3 is 2.52 bits per heavy atom. The zero-order valence-electron chi connectivity index (χ0n) is 16.1. The second-order valence-electron chi connectivity index (χ2n) is 7.63. The number of hydrogen-bond acceptors (Lipinski definition) is 4. The number of urea groups is 1. The maximum atomic E-state index is 12.6. The van der Waals surface area contributed by atoms with Crippen molar-refractivity contribution in [3.63, 3.8) is 0 Å². The van der Waals surface area contributed by atoms with Crippen LogP contribution in [0.5, 0.6) is 0 Å². The van der Waals surface area contributed by atoms with Crippen molar-refractivity contribution in [2.24, 2.45) is 0 Å². The number of fused-ring (bicyclic) bond motifs is 1. The van der Waals surface area contributed by atoms with Gasteiger partial charge in [0.2, 0.25) is 0 Å². The van der Waals surface area contributed by atoms with Crippen molar-refractivity contribution in [1.29, 1.82) is 0 Å². The second kappa shape index (κ2) is 7.40. The van der Waals surface area contributed by atoms with Crippen LogP contribution in [0.3, 0.4) is 0 Å². The minimum atomic E-state index is -0.254. The third-order valence-electron chi connectivity index (χ3n) is 4.49. The SMILES string of the molecule is CCNC(=O)NN1Cc2n[nH]c(NC(=O)c3ccc(C(C)(C)C)cc3)c2C1. The molecule has 0 saturated heterocycles. The maximum Gasteiger partial charge on any atom is 0.329 e. The summed E-state index contributed by atoms with van der Waals surface area (Å²) in [5.41, 5.74) is 6.25. The molecular weight excluding hydrogens is 344 g/mol. The number of aromatic amines is 1. The molecule has 0 spiro atoms. The van der Waals surface area contributed by atoms with Gasteiger partial charge in [0, 0.05) is 24.2 Å². The first-order chi connectivity index (χ1) is 12.8. The summed E-state index contributed by atoms with van der Waals surface area (Å²) in [6.45, 7) is 9.78. The fourth-order valence-corrected chi connectivity index (χ4v) is 2.96. The molecule has 0 aliphatic carbocycles. The van der Waals surface area contributed by atoms with E-state index in [0.29, 0.717) is 31.0 Å². The summed E-state index contributed by atoms with van der Waals surface area (Å²) >= 11 is 0. The summed E-state index contributed by atoms with van der Waals surface area (Å²) in [6, 6.07) is 7.36. The first-order valence-corrected chi connectivity index (χ1v) is 9.05. The fourth-order valence-electron chi connectivity index (χ4n) is 2.96. The molecule has 1 aliphatic heterocycles. The van der Waals surface area contributed by atoms with E-state index >= 15 is 0 Å². The Hall–Kier alpha value is -2.87. The van der Waals surface area contributed by atoms with E-state index in [1.807, 2.05) is 31.2 Å². The number of benzene rings is 1. The maximum absolute atomic E-state index is 12.6. The summed E-state index contributed by atoms with van der Waals surface area (Å²) in [5.74, 6) is 0.368. The Balaban J connectivity index is 1.65. The summed E-state index contributed by atoms with van der Waals surface area (Å²) in [4.78, 5) is 24.2. The number of rotatable bonds is 4. The first-order valence-electron chi connectivity index (χ1n) is 9.05. The molecule has 3 rings (SSSR count). The van der Waals surface area contributed by atoms with Gasteiger partial charge in [-0.25, -0.2) is 9.80 Å². The molecule has 0 fully saturated rings. The van der Waals surface area contributed by atoms with Gasteiger partial charge in [0.15, 0.2) is 0 Å². The highest BCUT2D eigenvalue weighted by Gasteiger charge is 2.27. The molecule has 0 atom stereocenters. The molecule has 4 N–H and O–H groups in total. The first kappa shape index (κ1) is 18.9. The lowest BCUT2D eigenvalue weighted by atomic mass is 9.87. The standard InChI is InChI=1S/C19H26N6O2/c1-5-20-18(27)24-25-10-14-15(11-25)22-23-16(14)21-17(26)12-6-8-13(9-7-12)19(2,3)4/h6-9H,5,10-11H2,1-4H3,(H2,20,24,27)(H2,21,22,23,26). The van der Waals surface area contributed by atoms with Crippen LogP contribution in [0.25, 0.3) is 0 Å². The number of carbonyl (C=O) groups excluding carboxylic acids is 2. The normalized spacial score (nSPS) is 13.9. The van der Waals surface area contributed by atoms with Gasteiger partial charge in [-0.3, -0.25) is 15.3 Å². The predicted octanol–water partition coefficient (Wildman–Crippen LogP) is 2.51. The van der Waals surface area contributed by atoms with Gasteiger partial charge in [-0.05, 0) is 30.0 Å². The van der Waals surface area contributed by atoms with Gasteiger partial charge in [0.05, 0.1) is 12.2 Å². The Kier molecular flexibility index (Phi) is 5.18. The Labute approximate surface area is 158 Å². The van der Waals surface area contributed by atoms with Crippen molar-refractivity contribution in [3.8, 4) is 0 Å². The molecular formula is C19H26N6O2. The van der Waals surface area contributed by atoms with Crippen LogP contribution in [0.4, 0.5) is 10.6 Å². The molecule has 2 heterocycles. The minimum Gasteiger partial charge on any atom is -0.337 e. The van der Waals surface area contributed by atoms with E-state index in [-0.39, 0.29) is 17.4 Å². The summed E-state index contributed by atoms with van der Waals surface area (Å²) < 4.78 is 0. The van der Waals surface area contributed by atoms with Gasteiger partial charge in [0.1, 0.15) is 5.82 Å². The highest BCUT2D eigenvalue weighted by molar-refractivity contribution is 6.04. The molecule has 27 heavy (non-hydrogen) atoms. The van der Waals surface area contributed by atoms with Crippen LogP contribution >= 0.6 is 0 Å². The number of carbonyl (C=O) groups is 2. The highest BCUT2D eigenvalue weighted by Crippen LogP contribution is 2.26. The minimum absolute atomic E-state index is 0.0414. The molecule has 0 unspecified atom stereocenters. The Morgan fingerprint density at radius 2 is 1.89 bits per heavy atom. The quantitative estimate of drug-likeness (QED) is 0.664. The van der Waals surface area contributed by atoms with Crippen molar-refractivity contribution in [2.45, 2.75) is 46.2 Å². The lowest BCUT2D eigenvalue weighted by Crippen LogP contribution is -2.44. The number of anilines is 1. The van der Waals surface area contributed by atoms with Crippen molar-refractivity contribution >= 4 is 17.8 Å². The highest BCUT2D eigenvalue weighted by atomic mass is 16.2. The lowest BCUT2D eigenvalue weighted by Gasteiger charge is -2.19. The van der Waals surface area contributed by atoms with E-state index < -0.39 is 0 Å². The van der Waals surface area contributed by atoms with Crippen LogP contribution < -0.4 is 16.1 Å². The molecule has 1 aromatic carbocycles. The van der Waals surface area contributed by atoms with E-state index in [9.17, 15) is 9.59 Å². The van der Waals surface area contributed by atoms with Crippen LogP contribution in [-0.2, 0) is 18.5 Å². The van der Waals surface area contributed by atoms with Gasteiger partial charge in [-0.15, -0.1) is 0 Å². The van der Waals surface area contributed by atoms with E-state index in [1.165, 1.54) is 5.56 Å². The molecule has 0 saturated carbocycles. The summed E-state index contributed by atoms with van der Waals surface area (Å²) in [5, 5.41) is 14.4. The number of H-pyrrole nitrogens is 1. The molecule has 1 aromatic heterocycles. The Morgan fingerprint density at radius 1 is 1.19 bits per heavy atom. The molecule has 8 nitrogen and oxygen atoms in total.